The molecule has 7 heteroatoms. The fraction of sp³-hybridized carbons (Fsp3) is 0.222. The summed E-state index contributed by atoms with van der Waals surface area (Å²) >= 11 is 0. The molecule has 5 nitrogen and oxygen atoms in total. The van der Waals surface area contributed by atoms with E-state index in [0.717, 1.165) is 5.56 Å². The Labute approximate surface area is 143 Å². The number of carbonyl (C=O) groups excluding carboxylic acids is 2. The Morgan fingerprint density at radius 2 is 1.68 bits per heavy atom. The van der Waals surface area contributed by atoms with Crippen LogP contribution in [-0.2, 0) is 16.0 Å². The number of carbonyl (C=O) groups is 2. The maximum atomic E-state index is 12.5. The first-order valence-corrected chi connectivity index (χ1v) is 7.47. The van der Waals surface area contributed by atoms with E-state index in [4.69, 9.17) is 4.74 Å². The predicted octanol–water partition coefficient (Wildman–Crippen LogP) is 2.80. The van der Waals surface area contributed by atoms with Gasteiger partial charge in [-0.25, -0.2) is 4.79 Å². The van der Waals surface area contributed by atoms with Gasteiger partial charge in [-0.15, -0.1) is 0 Å². The van der Waals surface area contributed by atoms with Gasteiger partial charge in [0.15, 0.2) is 0 Å². The van der Waals surface area contributed by atoms with Crippen LogP contribution in [0.4, 0.5) is 8.78 Å². The van der Waals surface area contributed by atoms with E-state index in [1.165, 1.54) is 31.4 Å². The molecule has 0 fully saturated rings. The van der Waals surface area contributed by atoms with Crippen LogP contribution in [0.25, 0.3) is 0 Å². The second kappa shape index (κ2) is 8.77. The number of hydrogen-bond acceptors (Lipinski definition) is 4. The molecule has 0 aromatic heterocycles. The number of esters is 1. The first kappa shape index (κ1) is 18.4. The minimum Gasteiger partial charge on any atom is -0.467 e. The van der Waals surface area contributed by atoms with Crippen molar-refractivity contribution >= 4 is 11.9 Å². The smallest absolute Gasteiger partial charge is 0.387 e. The van der Waals surface area contributed by atoms with Crippen LogP contribution in [0, 0.1) is 0 Å². The Morgan fingerprint density at radius 1 is 1.04 bits per heavy atom. The summed E-state index contributed by atoms with van der Waals surface area (Å²) in [5, 5.41) is 2.51. The van der Waals surface area contributed by atoms with Gasteiger partial charge < -0.3 is 14.8 Å². The molecule has 0 bridgehead atoms. The zero-order valence-corrected chi connectivity index (χ0v) is 13.4. The number of alkyl halides is 2. The van der Waals surface area contributed by atoms with Crippen LogP contribution >= 0.6 is 0 Å². The van der Waals surface area contributed by atoms with Crippen LogP contribution in [0.1, 0.15) is 15.9 Å². The van der Waals surface area contributed by atoms with Gasteiger partial charge in [-0.05, 0) is 17.7 Å². The van der Waals surface area contributed by atoms with Gasteiger partial charge in [-0.1, -0.05) is 42.5 Å². The Morgan fingerprint density at radius 3 is 2.32 bits per heavy atom. The highest BCUT2D eigenvalue weighted by atomic mass is 19.3. The monoisotopic (exact) mass is 349 g/mol. The maximum Gasteiger partial charge on any atom is 0.387 e. The summed E-state index contributed by atoms with van der Waals surface area (Å²) in [4.78, 5) is 24.4. The molecule has 0 aliphatic carbocycles. The molecule has 0 aliphatic rings. The van der Waals surface area contributed by atoms with Crippen molar-refractivity contribution < 1.29 is 27.8 Å². The van der Waals surface area contributed by atoms with Gasteiger partial charge in [-0.3, -0.25) is 4.79 Å². The first-order valence-electron chi connectivity index (χ1n) is 7.47. The van der Waals surface area contributed by atoms with Crippen molar-refractivity contribution in [2.75, 3.05) is 7.11 Å². The number of amides is 1. The molecule has 0 heterocycles. The van der Waals surface area contributed by atoms with E-state index in [0.29, 0.717) is 0 Å². The molecule has 1 N–H and O–H groups in total. The highest BCUT2D eigenvalue weighted by Gasteiger charge is 2.24. The third kappa shape index (κ3) is 5.27. The maximum absolute atomic E-state index is 12.5. The molecule has 132 valence electrons. The Balaban J connectivity index is 2.18. The first-order chi connectivity index (χ1) is 12.0. The molecule has 0 aliphatic heterocycles. The highest BCUT2D eigenvalue weighted by molar-refractivity contribution is 5.99. The number of hydrogen-bond donors (Lipinski definition) is 1. The average Bonchev–Trinajstić information content (AvgIpc) is 2.61. The van der Waals surface area contributed by atoms with E-state index in [1.54, 1.807) is 24.3 Å². The third-order valence-corrected chi connectivity index (χ3v) is 3.42. The van der Waals surface area contributed by atoms with Crippen LogP contribution < -0.4 is 10.1 Å². The van der Waals surface area contributed by atoms with E-state index < -0.39 is 24.5 Å². The van der Waals surface area contributed by atoms with Crippen LogP contribution in [0.3, 0.4) is 0 Å². The lowest BCUT2D eigenvalue weighted by Gasteiger charge is -2.18. The van der Waals surface area contributed by atoms with Crippen molar-refractivity contribution in [2.24, 2.45) is 0 Å². The number of para-hydroxylation sites is 1. The van der Waals surface area contributed by atoms with Crippen LogP contribution in [-0.4, -0.2) is 31.6 Å². The van der Waals surface area contributed by atoms with Gasteiger partial charge in [-0.2, -0.15) is 8.78 Å². The summed E-state index contributed by atoms with van der Waals surface area (Å²) in [6, 6.07) is 13.6. The van der Waals surface area contributed by atoms with Crippen molar-refractivity contribution in [3.05, 3.63) is 65.7 Å². The lowest BCUT2D eigenvalue weighted by atomic mass is 10.1. The second-order valence-electron chi connectivity index (χ2n) is 5.11. The van der Waals surface area contributed by atoms with Gasteiger partial charge >= 0.3 is 12.6 Å². The summed E-state index contributed by atoms with van der Waals surface area (Å²) in [5.41, 5.74) is 0.722. The zero-order valence-electron chi connectivity index (χ0n) is 13.4. The molecule has 1 amide bonds. The standard InChI is InChI=1S/C18H17F2NO4/c1-24-17(23)14(11-12-7-3-2-4-8-12)21-16(22)13-9-5-6-10-15(13)25-18(19)20/h2-10,14,18H,11H2,1H3,(H,21,22). The van der Waals surface area contributed by atoms with Crippen molar-refractivity contribution in [3.63, 3.8) is 0 Å². The Kier molecular flexibility index (Phi) is 6.45. The number of methoxy groups -OCH3 is 1. The Hall–Kier alpha value is -2.96. The normalized spacial score (nSPS) is 11.7. The molecule has 1 unspecified atom stereocenters. The molecule has 2 aromatic rings. The molecule has 25 heavy (non-hydrogen) atoms. The summed E-state index contributed by atoms with van der Waals surface area (Å²) in [6.45, 7) is -3.06. The molecule has 2 aromatic carbocycles. The summed E-state index contributed by atoms with van der Waals surface area (Å²) in [6.07, 6.45) is 0.205. The quantitative estimate of drug-likeness (QED) is 0.781. The molecular formula is C18H17F2NO4. The summed E-state index contributed by atoms with van der Waals surface area (Å²) in [5.74, 6) is -1.61. The van der Waals surface area contributed by atoms with Crippen molar-refractivity contribution in [3.8, 4) is 5.75 Å². The van der Waals surface area contributed by atoms with E-state index in [9.17, 15) is 18.4 Å². The number of benzene rings is 2. The summed E-state index contributed by atoms with van der Waals surface area (Å²) < 4.78 is 34.0. The number of nitrogens with one attached hydrogen (secondary N) is 1. The highest BCUT2D eigenvalue weighted by Crippen LogP contribution is 2.20. The molecule has 0 spiro atoms. The van der Waals surface area contributed by atoms with Crippen molar-refractivity contribution in [2.45, 2.75) is 19.1 Å². The van der Waals surface area contributed by atoms with E-state index in [2.05, 4.69) is 10.1 Å². The number of ether oxygens (including phenoxy) is 2. The third-order valence-electron chi connectivity index (χ3n) is 3.42. The predicted molar refractivity (Wildman–Crippen MR) is 86.5 cm³/mol. The lowest BCUT2D eigenvalue weighted by Crippen LogP contribution is -2.43. The van der Waals surface area contributed by atoms with Gasteiger partial charge in [0.1, 0.15) is 11.8 Å². The van der Waals surface area contributed by atoms with E-state index in [1.807, 2.05) is 6.07 Å². The second-order valence-corrected chi connectivity index (χ2v) is 5.11. The van der Waals surface area contributed by atoms with Gasteiger partial charge in [0, 0.05) is 6.42 Å². The largest absolute Gasteiger partial charge is 0.467 e. The minimum atomic E-state index is -3.06. The van der Waals surface area contributed by atoms with Crippen molar-refractivity contribution in [1.29, 1.82) is 0 Å². The van der Waals surface area contributed by atoms with E-state index in [-0.39, 0.29) is 17.7 Å². The van der Waals surface area contributed by atoms with Gasteiger partial charge in [0.25, 0.3) is 5.91 Å². The molecule has 0 radical (unpaired) electrons. The fourth-order valence-electron chi connectivity index (χ4n) is 2.27. The van der Waals surface area contributed by atoms with Crippen LogP contribution in [0.15, 0.2) is 54.6 Å². The number of halogens is 2. The number of rotatable bonds is 7. The summed E-state index contributed by atoms with van der Waals surface area (Å²) in [7, 11) is 1.21. The van der Waals surface area contributed by atoms with Crippen molar-refractivity contribution in [1.82, 2.24) is 5.32 Å². The van der Waals surface area contributed by atoms with Gasteiger partial charge in [0.05, 0.1) is 12.7 Å². The zero-order chi connectivity index (χ0) is 18.2. The molecule has 0 saturated heterocycles. The average molecular weight is 349 g/mol. The molecule has 0 saturated carbocycles. The lowest BCUT2D eigenvalue weighted by molar-refractivity contribution is -0.142. The molecular weight excluding hydrogens is 332 g/mol. The fourth-order valence-corrected chi connectivity index (χ4v) is 2.27. The van der Waals surface area contributed by atoms with E-state index >= 15 is 0 Å². The minimum absolute atomic E-state index is 0.0928. The van der Waals surface area contributed by atoms with Gasteiger partial charge in [0.2, 0.25) is 0 Å². The van der Waals surface area contributed by atoms with Crippen LogP contribution in [0.2, 0.25) is 0 Å². The SMILES string of the molecule is COC(=O)C(Cc1ccccc1)NC(=O)c1ccccc1OC(F)F. The van der Waals surface area contributed by atoms with Crippen LogP contribution in [0.5, 0.6) is 5.75 Å². The topological polar surface area (TPSA) is 64.6 Å². The molecule has 2 rings (SSSR count). The Bertz CT molecular complexity index is 722. The molecule has 1 atom stereocenters.